The van der Waals surface area contributed by atoms with Gasteiger partial charge in [0.2, 0.25) is 0 Å². The van der Waals surface area contributed by atoms with Gasteiger partial charge in [-0.3, -0.25) is 0 Å². The minimum Gasteiger partial charge on any atom is -0.423 e. The highest BCUT2D eigenvalue weighted by Crippen LogP contribution is 2.31. The molecule has 104 valence electrons. The van der Waals surface area contributed by atoms with E-state index in [2.05, 4.69) is 0 Å². The Bertz CT molecular complexity index is 759. The molecule has 0 spiro atoms. The summed E-state index contributed by atoms with van der Waals surface area (Å²) in [6, 6.07) is 11.7. The molecule has 0 saturated carbocycles. The number of carbonyl (C=O) groups is 1. The van der Waals surface area contributed by atoms with Crippen molar-refractivity contribution in [1.29, 1.82) is 0 Å². The highest BCUT2D eigenvalue weighted by Gasteiger charge is 2.21. The molecule has 2 aromatic rings. The van der Waals surface area contributed by atoms with Crippen LogP contribution in [0.5, 0.6) is 0 Å². The Kier molecular flexibility index (Phi) is 3.36. The van der Waals surface area contributed by atoms with Crippen molar-refractivity contribution in [2.24, 2.45) is 0 Å². The number of allylic oxidation sites excluding steroid dienone is 1. The van der Waals surface area contributed by atoms with Crippen LogP contribution in [0.15, 0.2) is 60.4 Å². The van der Waals surface area contributed by atoms with Crippen molar-refractivity contribution >= 4 is 17.6 Å². The lowest BCUT2D eigenvalue weighted by molar-refractivity contribution is -0.132. The molecule has 0 fully saturated rings. The van der Waals surface area contributed by atoms with Crippen molar-refractivity contribution in [1.82, 2.24) is 0 Å². The van der Waals surface area contributed by atoms with Gasteiger partial charge in [0, 0.05) is 11.6 Å². The van der Waals surface area contributed by atoms with Gasteiger partial charge in [-0.25, -0.2) is 13.6 Å². The molecule has 0 N–H and O–H groups in total. The van der Waals surface area contributed by atoms with E-state index in [4.69, 9.17) is 4.74 Å². The lowest BCUT2D eigenvalue weighted by Gasteiger charge is -2.05. The van der Waals surface area contributed by atoms with Gasteiger partial charge in [-0.15, -0.1) is 0 Å². The number of hydrogen-bond donors (Lipinski definition) is 0. The Morgan fingerprint density at radius 2 is 1.71 bits per heavy atom. The van der Waals surface area contributed by atoms with Crippen molar-refractivity contribution in [2.45, 2.75) is 0 Å². The summed E-state index contributed by atoms with van der Waals surface area (Å²) in [5, 5.41) is 0. The Hall–Kier alpha value is -2.75. The van der Waals surface area contributed by atoms with Crippen LogP contribution in [0, 0.1) is 11.6 Å². The third-order valence-corrected chi connectivity index (χ3v) is 3.04. The molecule has 0 unspecified atom stereocenters. The van der Waals surface area contributed by atoms with Gasteiger partial charge < -0.3 is 4.74 Å². The Morgan fingerprint density at radius 1 is 0.952 bits per heavy atom. The van der Waals surface area contributed by atoms with Crippen molar-refractivity contribution in [3.05, 3.63) is 83.1 Å². The van der Waals surface area contributed by atoms with E-state index < -0.39 is 5.97 Å². The Labute approximate surface area is 120 Å². The summed E-state index contributed by atoms with van der Waals surface area (Å²) in [4.78, 5) is 11.5. The van der Waals surface area contributed by atoms with E-state index >= 15 is 0 Å². The molecule has 0 atom stereocenters. The summed E-state index contributed by atoms with van der Waals surface area (Å²) in [7, 11) is 0. The quantitative estimate of drug-likeness (QED) is 0.781. The van der Waals surface area contributed by atoms with Crippen molar-refractivity contribution in [2.75, 3.05) is 0 Å². The molecular weight excluding hydrogens is 274 g/mol. The number of halogens is 2. The Balaban J connectivity index is 2.00. The number of esters is 1. The SMILES string of the molecule is O=C1C=C(c2ccc(F)cc2)/C(=C/c2cccc(F)c2)O1. The molecule has 2 aromatic carbocycles. The summed E-state index contributed by atoms with van der Waals surface area (Å²) in [5.41, 5.74) is 1.78. The molecule has 1 aliphatic heterocycles. The maximum atomic E-state index is 13.2. The van der Waals surface area contributed by atoms with Crippen LogP contribution < -0.4 is 0 Å². The molecule has 1 heterocycles. The largest absolute Gasteiger partial charge is 0.423 e. The first kappa shape index (κ1) is 13.2. The molecule has 2 nitrogen and oxygen atoms in total. The number of rotatable bonds is 2. The number of carbonyl (C=O) groups excluding carboxylic acids is 1. The lowest BCUT2D eigenvalue weighted by atomic mass is 10.0. The average Bonchev–Trinajstić information content (AvgIpc) is 2.80. The van der Waals surface area contributed by atoms with Crippen LogP contribution in [0.3, 0.4) is 0 Å². The van der Waals surface area contributed by atoms with Gasteiger partial charge in [-0.05, 0) is 41.5 Å². The van der Waals surface area contributed by atoms with Crippen LogP contribution in [0.2, 0.25) is 0 Å². The van der Waals surface area contributed by atoms with Crippen LogP contribution in [0.4, 0.5) is 8.78 Å². The Morgan fingerprint density at radius 3 is 2.43 bits per heavy atom. The molecule has 0 saturated heterocycles. The summed E-state index contributed by atoms with van der Waals surface area (Å²) >= 11 is 0. The number of hydrogen-bond acceptors (Lipinski definition) is 2. The second-order valence-corrected chi connectivity index (χ2v) is 4.55. The van der Waals surface area contributed by atoms with Gasteiger partial charge in [0.25, 0.3) is 0 Å². The van der Waals surface area contributed by atoms with Crippen LogP contribution in [0.25, 0.3) is 11.6 Å². The highest BCUT2D eigenvalue weighted by molar-refractivity contribution is 6.03. The van der Waals surface area contributed by atoms with Crippen molar-refractivity contribution < 1.29 is 18.3 Å². The lowest BCUT2D eigenvalue weighted by Crippen LogP contribution is -1.92. The second kappa shape index (κ2) is 5.32. The molecule has 0 aromatic heterocycles. The van der Waals surface area contributed by atoms with Gasteiger partial charge in [-0.2, -0.15) is 0 Å². The fraction of sp³-hybridized carbons (Fsp3) is 0. The maximum absolute atomic E-state index is 13.2. The number of ether oxygens (including phenoxy) is 1. The summed E-state index contributed by atoms with van der Waals surface area (Å²) in [5.74, 6) is -0.921. The smallest absolute Gasteiger partial charge is 0.336 e. The van der Waals surface area contributed by atoms with Crippen LogP contribution in [-0.4, -0.2) is 5.97 Å². The van der Waals surface area contributed by atoms with Gasteiger partial charge in [0.05, 0.1) is 0 Å². The van der Waals surface area contributed by atoms with E-state index in [-0.39, 0.29) is 11.6 Å². The minimum atomic E-state index is -0.503. The zero-order valence-corrected chi connectivity index (χ0v) is 10.8. The van der Waals surface area contributed by atoms with Crippen molar-refractivity contribution in [3.63, 3.8) is 0 Å². The summed E-state index contributed by atoms with van der Waals surface area (Å²) < 4.78 is 31.3. The third-order valence-electron chi connectivity index (χ3n) is 3.04. The molecule has 4 heteroatoms. The van der Waals surface area contributed by atoms with Crippen LogP contribution in [0.1, 0.15) is 11.1 Å². The summed E-state index contributed by atoms with van der Waals surface area (Å²) in [6.45, 7) is 0. The molecular formula is C17H10F2O2. The molecule has 0 radical (unpaired) electrons. The number of cyclic esters (lactones) is 1. The molecule has 1 aliphatic rings. The van der Waals surface area contributed by atoms with Crippen molar-refractivity contribution in [3.8, 4) is 0 Å². The number of benzene rings is 2. The van der Waals surface area contributed by atoms with Gasteiger partial charge in [0.1, 0.15) is 17.4 Å². The fourth-order valence-electron chi connectivity index (χ4n) is 2.09. The highest BCUT2D eigenvalue weighted by atomic mass is 19.1. The predicted molar refractivity (Wildman–Crippen MR) is 74.8 cm³/mol. The normalized spacial score (nSPS) is 16.0. The first-order valence-corrected chi connectivity index (χ1v) is 6.29. The third kappa shape index (κ3) is 2.89. The zero-order valence-electron chi connectivity index (χ0n) is 10.8. The van der Waals surface area contributed by atoms with Gasteiger partial charge in [0.15, 0.2) is 0 Å². The van der Waals surface area contributed by atoms with E-state index in [1.54, 1.807) is 30.3 Å². The molecule has 21 heavy (non-hydrogen) atoms. The predicted octanol–water partition coefficient (Wildman–Crippen LogP) is 3.95. The van der Waals surface area contributed by atoms with Gasteiger partial charge in [-0.1, -0.05) is 24.3 Å². The topological polar surface area (TPSA) is 26.3 Å². The van der Waals surface area contributed by atoms with E-state index in [1.807, 2.05) is 0 Å². The minimum absolute atomic E-state index is 0.317. The summed E-state index contributed by atoms with van der Waals surface area (Å²) in [6.07, 6.45) is 2.90. The standard InChI is InChI=1S/C17H10F2O2/c18-13-6-4-12(5-7-13)15-10-17(20)21-16(15)9-11-2-1-3-14(19)8-11/h1-10H/b16-9-. The van der Waals surface area contributed by atoms with E-state index in [0.29, 0.717) is 22.5 Å². The fourth-order valence-corrected chi connectivity index (χ4v) is 2.09. The molecule has 0 amide bonds. The van der Waals surface area contributed by atoms with E-state index in [0.717, 1.165) is 0 Å². The van der Waals surface area contributed by atoms with Crippen LogP contribution >= 0.6 is 0 Å². The second-order valence-electron chi connectivity index (χ2n) is 4.55. The zero-order chi connectivity index (χ0) is 14.8. The average molecular weight is 284 g/mol. The van der Waals surface area contributed by atoms with E-state index in [9.17, 15) is 13.6 Å². The first-order chi connectivity index (χ1) is 10.1. The van der Waals surface area contributed by atoms with Crippen LogP contribution in [-0.2, 0) is 9.53 Å². The monoisotopic (exact) mass is 284 g/mol. The van der Waals surface area contributed by atoms with Gasteiger partial charge >= 0.3 is 5.97 Å². The molecule has 0 aliphatic carbocycles. The molecule has 0 bridgehead atoms. The maximum Gasteiger partial charge on any atom is 0.336 e. The van der Waals surface area contributed by atoms with E-state index in [1.165, 1.54) is 30.3 Å². The molecule has 3 rings (SSSR count). The first-order valence-electron chi connectivity index (χ1n) is 6.29.